The number of carbonyl (C=O) groups excluding carboxylic acids is 1. The number of amides is 1. The number of aliphatic hydroxyl groups excluding tert-OH is 1. The van der Waals surface area contributed by atoms with Gasteiger partial charge in [-0.1, -0.05) is 42.5 Å². The van der Waals surface area contributed by atoms with Crippen LogP contribution in [0.1, 0.15) is 23.1 Å². The van der Waals surface area contributed by atoms with Gasteiger partial charge in [-0.05, 0) is 42.0 Å². The maximum absolute atomic E-state index is 12.7. The molecule has 0 spiro atoms. The number of fused-ring (bicyclic) bond motifs is 2. The van der Waals surface area contributed by atoms with Crippen LogP contribution >= 0.6 is 0 Å². The van der Waals surface area contributed by atoms with Crippen LogP contribution in [-0.2, 0) is 23.2 Å². The normalized spacial score (nSPS) is 21.6. The Bertz CT molecular complexity index is 774. The van der Waals surface area contributed by atoms with Crippen molar-refractivity contribution in [2.75, 3.05) is 24.6 Å². The monoisotopic (exact) mass is 322 g/mol. The van der Waals surface area contributed by atoms with Crippen LogP contribution in [0.15, 0.2) is 48.5 Å². The van der Waals surface area contributed by atoms with Gasteiger partial charge in [0.05, 0.1) is 18.7 Å². The van der Waals surface area contributed by atoms with E-state index in [0.717, 1.165) is 37.1 Å². The first-order chi connectivity index (χ1) is 11.7. The Morgan fingerprint density at radius 1 is 1.08 bits per heavy atom. The van der Waals surface area contributed by atoms with Crippen LogP contribution in [0.4, 0.5) is 5.69 Å². The molecule has 2 aromatic rings. The molecule has 0 radical (unpaired) electrons. The topological polar surface area (TPSA) is 52.6 Å². The van der Waals surface area contributed by atoms with Gasteiger partial charge in [0.25, 0.3) is 0 Å². The van der Waals surface area contributed by atoms with Crippen molar-refractivity contribution in [3.05, 3.63) is 65.2 Å². The Morgan fingerprint density at radius 2 is 1.83 bits per heavy atom. The molecule has 24 heavy (non-hydrogen) atoms. The molecule has 2 aliphatic rings. The zero-order valence-electron chi connectivity index (χ0n) is 13.7. The molecule has 2 N–H and O–H groups in total. The fourth-order valence-corrected chi connectivity index (χ4v) is 4.03. The van der Waals surface area contributed by atoms with Gasteiger partial charge in [-0.3, -0.25) is 10.1 Å². The second kappa shape index (κ2) is 6.04. The summed E-state index contributed by atoms with van der Waals surface area (Å²) in [5.41, 5.74) is 4.15. The molecule has 0 fully saturated rings. The summed E-state index contributed by atoms with van der Waals surface area (Å²) in [6.45, 7) is 0.986. The van der Waals surface area contributed by atoms with E-state index >= 15 is 0 Å². The first-order valence-electron chi connectivity index (χ1n) is 8.56. The number of nitrogens with zero attached hydrogens (tertiary/aromatic N) is 1. The first-order valence-corrected chi connectivity index (χ1v) is 8.56. The van der Waals surface area contributed by atoms with Gasteiger partial charge in [0, 0.05) is 12.2 Å². The quantitative estimate of drug-likeness (QED) is 0.905. The molecule has 0 aromatic heterocycles. The number of rotatable bonds is 4. The standard InChI is InChI=1S/C20H22N2O2/c23-14-20(11-9-15-5-1-3-7-17(15)20)21-13-19(24)22-12-10-16-6-2-4-8-18(16)22/h1-8,21,23H,9-14H2. The van der Waals surface area contributed by atoms with Crippen LogP contribution in [0, 0.1) is 0 Å². The fourth-order valence-electron chi connectivity index (χ4n) is 4.03. The largest absolute Gasteiger partial charge is 0.394 e. The van der Waals surface area contributed by atoms with E-state index in [1.54, 1.807) is 0 Å². The Hall–Kier alpha value is -2.17. The summed E-state index contributed by atoms with van der Waals surface area (Å²) in [4.78, 5) is 14.6. The predicted molar refractivity (Wildman–Crippen MR) is 94.0 cm³/mol. The van der Waals surface area contributed by atoms with Gasteiger partial charge < -0.3 is 10.0 Å². The first kappa shape index (κ1) is 15.4. The third-order valence-corrected chi connectivity index (χ3v) is 5.39. The Morgan fingerprint density at radius 3 is 2.67 bits per heavy atom. The van der Waals surface area contributed by atoms with Crippen LogP contribution in [0.5, 0.6) is 0 Å². The minimum Gasteiger partial charge on any atom is -0.394 e. The number of para-hydroxylation sites is 1. The number of nitrogens with one attached hydrogen (secondary N) is 1. The summed E-state index contributed by atoms with van der Waals surface area (Å²) in [6.07, 6.45) is 2.67. The van der Waals surface area contributed by atoms with Gasteiger partial charge in [0.15, 0.2) is 0 Å². The third-order valence-electron chi connectivity index (χ3n) is 5.39. The Labute approximate surface area is 142 Å². The van der Waals surface area contributed by atoms with E-state index in [-0.39, 0.29) is 19.1 Å². The average molecular weight is 322 g/mol. The lowest BCUT2D eigenvalue weighted by atomic mass is 9.92. The highest BCUT2D eigenvalue weighted by Gasteiger charge is 2.38. The Balaban J connectivity index is 1.50. The molecule has 1 amide bonds. The van der Waals surface area contributed by atoms with Crippen molar-refractivity contribution in [2.24, 2.45) is 0 Å². The molecule has 1 unspecified atom stereocenters. The molecule has 4 rings (SSSR count). The molecule has 1 heterocycles. The molecular formula is C20H22N2O2. The van der Waals surface area contributed by atoms with Crippen LogP contribution in [0.25, 0.3) is 0 Å². The van der Waals surface area contributed by atoms with Crippen molar-refractivity contribution in [3.8, 4) is 0 Å². The van der Waals surface area contributed by atoms with Gasteiger partial charge in [-0.25, -0.2) is 0 Å². The summed E-state index contributed by atoms with van der Waals surface area (Å²) in [5, 5.41) is 13.4. The smallest absolute Gasteiger partial charge is 0.240 e. The number of hydrogen-bond donors (Lipinski definition) is 2. The minimum atomic E-state index is -0.495. The molecule has 2 aromatic carbocycles. The molecular weight excluding hydrogens is 300 g/mol. The van der Waals surface area contributed by atoms with Crippen molar-refractivity contribution in [2.45, 2.75) is 24.8 Å². The van der Waals surface area contributed by atoms with Gasteiger partial charge in [-0.15, -0.1) is 0 Å². The van der Waals surface area contributed by atoms with Gasteiger partial charge >= 0.3 is 0 Å². The van der Waals surface area contributed by atoms with Crippen molar-refractivity contribution in [1.29, 1.82) is 0 Å². The summed E-state index contributed by atoms with van der Waals surface area (Å²) in [6, 6.07) is 16.3. The van der Waals surface area contributed by atoms with E-state index in [0.29, 0.717) is 0 Å². The zero-order valence-corrected chi connectivity index (χ0v) is 13.7. The summed E-state index contributed by atoms with van der Waals surface area (Å²) in [7, 11) is 0. The van der Waals surface area contributed by atoms with Crippen molar-refractivity contribution < 1.29 is 9.90 Å². The predicted octanol–water partition coefficient (Wildman–Crippen LogP) is 2.00. The summed E-state index contributed by atoms with van der Waals surface area (Å²) in [5.74, 6) is 0.0668. The number of benzene rings is 2. The summed E-state index contributed by atoms with van der Waals surface area (Å²) < 4.78 is 0. The molecule has 1 atom stereocenters. The van der Waals surface area contributed by atoms with Crippen LogP contribution < -0.4 is 10.2 Å². The number of hydrogen-bond acceptors (Lipinski definition) is 3. The molecule has 0 bridgehead atoms. The lowest BCUT2D eigenvalue weighted by Gasteiger charge is -2.30. The van der Waals surface area contributed by atoms with E-state index < -0.39 is 5.54 Å². The zero-order chi connectivity index (χ0) is 16.6. The van der Waals surface area contributed by atoms with Crippen LogP contribution in [0.3, 0.4) is 0 Å². The number of carbonyl (C=O) groups is 1. The van der Waals surface area contributed by atoms with Gasteiger partial charge in [0.1, 0.15) is 0 Å². The number of aryl methyl sites for hydroxylation is 1. The van der Waals surface area contributed by atoms with Crippen molar-refractivity contribution >= 4 is 11.6 Å². The SMILES string of the molecule is O=C(CNC1(CO)CCc2ccccc21)N1CCc2ccccc21. The van der Waals surface area contributed by atoms with Crippen molar-refractivity contribution in [1.82, 2.24) is 5.32 Å². The lowest BCUT2D eigenvalue weighted by molar-refractivity contribution is -0.118. The second-order valence-electron chi connectivity index (χ2n) is 6.68. The highest BCUT2D eigenvalue weighted by atomic mass is 16.3. The molecule has 1 aliphatic carbocycles. The molecule has 4 nitrogen and oxygen atoms in total. The maximum Gasteiger partial charge on any atom is 0.240 e. The number of aliphatic hydroxyl groups is 1. The van der Waals surface area contributed by atoms with Crippen LogP contribution in [-0.4, -0.2) is 30.7 Å². The van der Waals surface area contributed by atoms with E-state index in [1.807, 2.05) is 35.2 Å². The highest BCUT2D eigenvalue weighted by Crippen LogP contribution is 2.36. The van der Waals surface area contributed by atoms with Crippen LogP contribution in [0.2, 0.25) is 0 Å². The van der Waals surface area contributed by atoms with E-state index in [1.165, 1.54) is 11.1 Å². The highest BCUT2D eigenvalue weighted by molar-refractivity contribution is 5.96. The molecule has 124 valence electrons. The molecule has 1 aliphatic heterocycles. The minimum absolute atomic E-state index is 0.00782. The Kier molecular flexibility index (Phi) is 3.87. The second-order valence-corrected chi connectivity index (χ2v) is 6.68. The molecule has 4 heteroatoms. The average Bonchev–Trinajstić information content (AvgIpc) is 3.22. The van der Waals surface area contributed by atoms with Crippen molar-refractivity contribution in [3.63, 3.8) is 0 Å². The summed E-state index contributed by atoms with van der Waals surface area (Å²) >= 11 is 0. The van der Waals surface area contributed by atoms with E-state index in [2.05, 4.69) is 23.5 Å². The lowest BCUT2D eigenvalue weighted by Crippen LogP contribution is -2.49. The maximum atomic E-state index is 12.7. The fraction of sp³-hybridized carbons (Fsp3) is 0.350. The van der Waals surface area contributed by atoms with E-state index in [9.17, 15) is 9.90 Å². The number of anilines is 1. The molecule has 0 saturated heterocycles. The third kappa shape index (κ3) is 2.43. The van der Waals surface area contributed by atoms with Gasteiger partial charge in [-0.2, -0.15) is 0 Å². The molecule has 0 saturated carbocycles. The van der Waals surface area contributed by atoms with E-state index in [4.69, 9.17) is 0 Å². The van der Waals surface area contributed by atoms with Gasteiger partial charge in [0.2, 0.25) is 5.91 Å².